The van der Waals surface area contributed by atoms with E-state index in [0.717, 1.165) is 11.4 Å². The van der Waals surface area contributed by atoms with Crippen LogP contribution >= 0.6 is 34.2 Å². The minimum atomic E-state index is 0.817. The Morgan fingerprint density at radius 1 is 1.20 bits per heavy atom. The Morgan fingerprint density at radius 2 is 1.80 bits per heavy atom. The Kier molecular flexibility index (Phi) is 3.49. The number of halogens is 2. The molecule has 2 heteroatoms. The maximum Gasteiger partial charge on any atom is 0.0406 e. The van der Waals surface area contributed by atoms with Crippen molar-refractivity contribution < 1.29 is 0 Å². The van der Waals surface area contributed by atoms with Crippen molar-refractivity contribution in [3.63, 3.8) is 0 Å². The maximum absolute atomic E-state index is 5.71. The number of hydrogen-bond acceptors (Lipinski definition) is 0. The molecule has 0 amide bonds. The van der Waals surface area contributed by atoms with Crippen molar-refractivity contribution in [3.05, 3.63) is 34.9 Å². The fraction of sp³-hybridized carbons (Fsp3) is 0.250. The van der Waals surface area contributed by atoms with Gasteiger partial charge in [0.05, 0.1) is 0 Å². The molecule has 1 rings (SSSR count). The lowest BCUT2D eigenvalue weighted by Crippen LogP contribution is -1.82. The van der Waals surface area contributed by atoms with Gasteiger partial charge in [-0.25, -0.2) is 0 Å². The van der Waals surface area contributed by atoms with E-state index in [1.165, 1.54) is 9.99 Å². The second kappa shape index (κ2) is 4.19. The summed E-state index contributed by atoms with van der Waals surface area (Å²) in [6, 6.07) is 8.01. The second-order valence-electron chi connectivity index (χ2n) is 2.07. The largest absolute Gasteiger partial charge is 0.0860 e. The maximum atomic E-state index is 5.71. The number of aryl methyl sites for hydroxylation is 1. The van der Waals surface area contributed by atoms with E-state index in [1.54, 1.807) is 0 Å². The standard InChI is InChI=1S/C8H8ClI/c9-8-3-1-7(2-4-8)5-6-10/h1-4H,5-6H2. The predicted octanol–water partition coefficient (Wildman–Crippen LogP) is 3.32. The van der Waals surface area contributed by atoms with E-state index in [2.05, 4.69) is 34.7 Å². The Balaban J connectivity index is 2.69. The first-order chi connectivity index (χ1) is 4.83. The predicted molar refractivity (Wildman–Crippen MR) is 54.0 cm³/mol. The highest BCUT2D eigenvalue weighted by Crippen LogP contribution is 2.10. The van der Waals surface area contributed by atoms with Crippen LogP contribution in [0.1, 0.15) is 5.56 Å². The van der Waals surface area contributed by atoms with Gasteiger partial charge in [-0.05, 0) is 24.1 Å². The van der Waals surface area contributed by atoms with E-state index >= 15 is 0 Å². The molecule has 10 heavy (non-hydrogen) atoms. The van der Waals surface area contributed by atoms with Crippen LogP contribution in [-0.2, 0) is 6.42 Å². The average molecular weight is 267 g/mol. The van der Waals surface area contributed by atoms with Crippen LogP contribution in [0.5, 0.6) is 0 Å². The van der Waals surface area contributed by atoms with Crippen LogP contribution < -0.4 is 0 Å². The molecule has 0 heterocycles. The molecule has 0 aliphatic rings. The van der Waals surface area contributed by atoms with Crippen molar-refractivity contribution in [1.82, 2.24) is 0 Å². The lowest BCUT2D eigenvalue weighted by molar-refractivity contribution is 1.18. The molecule has 0 fully saturated rings. The van der Waals surface area contributed by atoms with Crippen molar-refractivity contribution in [1.29, 1.82) is 0 Å². The first kappa shape index (κ1) is 8.34. The van der Waals surface area contributed by atoms with Gasteiger partial charge in [-0.1, -0.05) is 46.3 Å². The number of rotatable bonds is 2. The van der Waals surface area contributed by atoms with Crippen molar-refractivity contribution >= 4 is 34.2 Å². The number of hydrogen-bond donors (Lipinski definition) is 0. The summed E-state index contributed by atoms with van der Waals surface area (Å²) in [6.07, 6.45) is 1.14. The monoisotopic (exact) mass is 266 g/mol. The minimum Gasteiger partial charge on any atom is -0.0860 e. The fourth-order valence-electron chi connectivity index (χ4n) is 0.760. The summed E-state index contributed by atoms with van der Waals surface area (Å²) in [7, 11) is 0. The number of benzene rings is 1. The molecular weight excluding hydrogens is 258 g/mol. The number of alkyl halides is 1. The molecule has 0 radical (unpaired) electrons. The molecule has 0 saturated heterocycles. The smallest absolute Gasteiger partial charge is 0.0406 e. The van der Waals surface area contributed by atoms with Crippen LogP contribution in [0.4, 0.5) is 0 Å². The van der Waals surface area contributed by atoms with Crippen LogP contribution in [0.15, 0.2) is 24.3 Å². The normalized spacial score (nSPS) is 9.80. The highest BCUT2D eigenvalue weighted by molar-refractivity contribution is 14.1. The van der Waals surface area contributed by atoms with Gasteiger partial charge in [0, 0.05) is 9.45 Å². The summed E-state index contributed by atoms with van der Waals surface area (Å²) in [4.78, 5) is 0. The van der Waals surface area contributed by atoms with Crippen LogP contribution in [0, 0.1) is 0 Å². The zero-order valence-electron chi connectivity index (χ0n) is 5.48. The van der Waals surface area contributed by atoms with Gasteiger partial charge in [-0.15, -0.1) is 0 Å². The Bertz CT molecular complexity index is 193. The van der Waals surface area contributed by atoms with Crippen molar-refractivity contribution in [2.75, 3.05) is 4.43 Å². The zero-order valence-corrected chi connectivity index (χ0v) is 8.39. The molecule has 1 aromatic carbocycles. The highest BCUT2D eigenvalue weighted by Gasteiger charge is 1.89. The Hall–Kier alpha value is 0.240. The lowest BCUT2D eigenvalue weighted by Gasteiger charge is -1.95. The van der Waals surface area contributed by atoms with Gasteiger partial charge in [0.15, 0.2) is 0 Å². The van der Waals surface area contributed by atoms with Gasteiger partial charge in [-0.2, -0.15) is 0 Å². The molecule has 0 unspecified atom stereocenters. The van der Waals surface area contributed by atoms with Crippen molar-refractivity contribution in [2.24, 2.45) is 0 Å². The summed E-state index contributed by atoms with van der Waals surface area (Å²) in [6.45, 7) is 0. The fourth-order valence-corrected chi connectivity index (χ4v) is 1.51. The van der Waals surface area contributed by atoms with E-state index in [0.29, 0.717) is 0 Å². The third-order valence-electron chi connectivity index (χ3n) is 1.30. The second-order valence-corrected chi connectivity index (χ2v) is 3.58. The summed E-state index contributed by atoms with van der Waals surface area (Å²) in [5.74, 6) is 0. The molecule has 0 aliphatic heterocycles. The van der Waals surface area contributed by atoms with Crippen molar-refractivity contribution in [2.45, 2.75) is 6.42 Å². The van der Waals surface area contributed by atoms with E-state index < -0.39 is 0 Å². The van der Waals surface area contributed by atoms with Gasteiger partial charge >= 0.3 is 0 Å². The van der Waals surface area contributed by atoms with Gasteiger partial charge < -0.3 is 0 Å². The minimum absolute atomic E-state index is 0.817. The Morgan fingerprint density at radius 3 is 2.30 bits per heavy atom. The quantitative estimate of drug-likeness (QED) is 0.569. The molecule has 0 nitrogen and oxygen atoms in total. The highest BCUT2D eigenvalue weighted by atomic mass is 127. The average Bonchev–Trinajstić information content (AvgIpc) is 1.95. The summed E-state index contributed by atoms with van der Waals surface area (Å²) < 4.78 is 1.17. The third kappa shape index (κ3) is 2.46. The van der Waals surface area contributed by atoms with E-state index in [9.17, 15) is 0 Å². The summed E-state index contributed by atoms with van der Waals surface area (Å²) in [5, 5.41) is 0.817. The molecule has 0 aromatic heterocycles. The van der Waals surface area contributed by atoms with Gasteiger partial charge in [0.1, 0.15) is 0 Å². The molecule has 0 N–H and O–H groups in total. The van der Waals surface area contributed by atoms with Gasteiger partial charge in [0.2, 0.25) is 0 Å². The lowest BCUT2D eigenvalue weighted by atomic mass is 10.2. The van der Waals surface area contributed by atoms with Crippen molar-refractivity contribution in [3.8, 4) is 0 Å². The molecule has 0 saturated carbocycles. The third-order valence-corrected chi connectivity index (χ3v) is 2.09. The first-order valence-electron chi connectivity index (χ1n) is 3.13. The molecule has 1 aromatic rings. The summed E-state index contributed by atoms with van der Waals surface area (Å²) >= 11 is 8.08. The van der Waals surface area contributed by atoms with Crippen LogP contribution in [0.3, 0.4) is 0 Å². The van der Waals surface area contributed by atoms with Gasteiger partial charge in [0.25, 0.3) is 0 Å². The Labute approximate surface area is 79.7 Å². The molecule has 0 atom stereocenters. The van der Waals surface area contributed by atoms with E-state index in [4.69, 9.17) is 11.6 Å². The zero-order chi connectivity index (χ0) is 7.40. The molecule has 0 spiro atoms. The first-order valence-corrected chi connectivity index (χ1v) is 5.03. The molecule has 0 aliphatic carbocycles. The van der Waals surface area contributed by atoms with Gasteiger partial charge in [-0.3, -0.25) is 0 Å². The van der Waals surface area contributed by atoms with Crippen LogP contribution in [0.25, 0.3) is 0 Å². The molecule has 0 bridgehead atoms. The van der Waals surface area contributed by atoms with E-state index in [1.807, 2.05) is 12.1 Å². The molecular formula is C8H8ClI. The summed E-state index contributed by atoms with van der Waals surface area (Å²) in [5.41, 5.74) is 1.36. The van der Waals surface area contributed by atoms with Crippen LogP contribution in [-0.4, -0.2) is 4.43 Å². The van der Waals surface area contributed by atoms with E-state index in [-0.39, 0.29) is 0 Å². The topological polar surface area (TPSA) is 0 Å². The van der Waals surface area contributed by atoms with Crippen LogP contribution in [0.2, 0.25) is 5.02 Å². The SMILES string of the molecule is Clc1ccc(CCI)cc1. The molecule has 54 valence electrons.